The van der Waals surface area contributed by atoms with Gasteiger partial charge in [0.2, 0.25) is 0 Å². The topological polar surface area (TPSA) is 104 Å². The van der Waals surface area contributed by atoms with Gasteiger partial charge in [0.15, 0.2) is 0 Å². The molecule has 2 amide bonds. The van der Waals surface area contributed by atoms with Gasteiger partial charge in [0.25, 0.3) is 0 Å². The van der Waals surface area contributed by atoms with Crippen LogP contribution in [-0.2, 0) is 4.79 Å². The van der Waals surface area contributed by atoms with Crippen molar-refractivity contribution in [2.75, 3.05) is 6.54 Å². The number of carbonyl (C=O) groups excluding carboxylic acids is 1. The first-order valence-electron chi connectivity index (χ1n) is 7.11. The summed E-state index contributed by atoms with van der Waals surface area (Å²) in [6, 6.07) is -0.0172. The van der Waals surface area contributed by atoms with Crippen molar-refractivity contribution in [3.63, 3.8) is 0 Å². The third kappa shape index (κ3) is 7.00. The first-order chi connectivity index (χ1) is 9.09. The predicted molar refractivity (Wildman–Crippen MR) is 72.9 cm³/mol. The summed E-state index contributed by atoms with van der Waals surface area (Å²) in [5.41, 5.74) is 5.95. The van der Waals surface area contributed by atoms with Gasteiger partial charge < -0.3 is 21.5 Å². The van der Waals surface area contributed by atoms with Crippen molar-refractivity contribution < 1.29 is 14.7 Å². The zero-order chi connectivity index (χ0) is 14.1. The number of rotatable bonds is 7. The summed E-state index contributed by atoms with van der Waals surface area (Å²) in [4.78, 5) is 21.9. The molecule has 19 heavy (non-hydrogen) atoms. The molecule has 110 valence electrons. The van der Waals surface area contributed by atoms with Gasteiger partial charge in [-0.3, -0.25) is 4.79 Å². The van der Waals surface area contributed by atoms with E-state index in [1.807, 2.05) is 0 Å². The molecule has 0 spiro atoms. The minimum absolute atomic E-state index is 0.0649. The minimum Gasteiger partial charge on any atom is -0.481 e. The zero-order valence-corrected chi connectivity index (χ0v) is 11.4. The van der Waals surface area contributed by atoms with Crippen LogP contribution in [0.15, 0.2) is 0 Å². The van der Waals surface area contributed by atoms with Crippen molar-refractivity contribution in [3.05, 3.63) is 0 Å². The van der Waals surface area contributed by atoms with E-state index in [9.17, 15) is 9.59 Å². The lowest BCUT2D eigenvalue weighted by atomic mass is 9.91. The maximum Gasteiger partial charge on any atom is 0.315 e. The van der Waals surface area contributed by atoms with Crippen molar-refractivity contribution in [1.29, 1.82) is 0 Å². The van der Waals surface area contributed by atoms with E-state index in [-0.39, 0.29) is 24.5 Å². The Morgan fingerprint density at radius 1 is 1.16 bits per heavy atom. The number of nitrogens with one attached hydrogen (secondary N) is 2. The monoisotopic (exact) mass is 271 g/mol. The lowest BCUT2D eigenvalue weighted by molar-refractivity contribution is -0.137. The Bertz CT molecular complexity index is 297. The molecule has 0 aromatic rings. The number of nitrogens with two attached hydrogens (primary N) is 1. The highest BCUT2D eigenvalue weighted by atomic mass is 16.4. The number of hydrogen-bond acceptors (Lipinski definition) is 3. The summed E-state index contributed by atoms with van der Waals surface area (Å²) in [5, 5.41) is 14.2. The van der Waals surface area contributed by atoms with E-state index in [0.29, 0.717) is 13.0 Å². The molecule has 1 rings (SSSR count). The number of hydrogen-bond donors (Lipinski definition) is 4. The summed E-state index contributed by atoms with van der Waals surface area (Å²) in [6.45, 7) is 0.577. The van der Waals surface area contributed by atoms with E-state index >= 15 is 0 Å². The van der Waals surface area contributed by atoms with Gasteiger partial charge in [0, 0.05) is 25.0 Å². The highest BCUT2D eigenvalue weighted by Gasteiger charge is 2.22. The smallest absolute Gasteiger partial charge is 0.315 e. The Hall–Kier alpha value is -1.30. The molecule has 1 fully saturated rings. The number of carboxylic acid groups (broad SMARTS) is 1. The third-order valence-corrected chi connectivity index (χ3v) is 3.49. The molecule has 0 aromatic heterocycles. The maximum atomic E-state index is 11.6. The first kappa shape index (κ1) is 15.8. The molecule has 0 saturated heterocycles. The second kappa shape index (κ2) is 8.74. The minimum atomic E-state index is -0.767. The van der Waals surface area contributed by atoms with Gasteiger partial charge in [-0.15, -0.1) is 0 Å². The summed E-state index contributed by atoms with van der Waals surface area (Å²) < 4.78 is 0. The second-order valence-corrected chi connectivity index (χ2v) is 5.16. The average molecular weight is 271 g/mol. The van der Waals surface area contributed by atoms with E-state index in [1.165, 1.54) is 0 Å². The van der Waals surface area contributed by atoms with Crippen LogP contribution in [0.1, 0.15) is 51.4 Å². The number of unbranched alkanes of at least 4 members (excludes halogenated alkanes) is 2. The number of amides is 2. The van der Waals surface area contributed by atoms with E-state index in [1.54, 1.807) is 0 Å². The van der Waals surface area contributed by atoms with Crippen LogP contribution in [0.4, 0.5) is 4.79 Å². The van der Waals surface area contributed by atoms with Gasteiger partial charge in [-0.25, -0.2) is 4.79 Å². The first-order valence-corrected chi connectivity index (χ1v) is 7.11. The Balaban J connectivity index is 2.02. The fourth-order valence-electron chi connectivity index (χ4n) is 2.34. The predicted octanol–water partition coefficient (Wildman–Crippen LogP) is 1.20. The summed E-state index contributed by atoms with van der Waals surface area (Å²) >= 11 is 0. The zero-order valence-electron chi connectivity index (χ0n) is 11.4. The van der Waals surface area contributed by atoms with Crippen molar-refractivity contribution in [2.24, 2.45) is 5.73 Å². The van der Waals surface area contributed by atoms with Gasteiger partial charge in [-0.1, -0.05) is 19.3 Å². The van der Waals surface area contributed by atoms with Crippen LogP contribution in [0.3, 0.4) is 0 Å². The number of carboxylic acids is 1. The molecule has 1 aliphatic carbocycles. The van der Waals surface area contributed by atoms with Gasteiger partial charge in [-0.05, 0) is 25.7 Å². The third-order valence-electron chi connectivity index (χ3n) is 3.49. The average Bonchev–Trinajstić information content (AvgIpc) is 2.36. The lowest BCUT2D eigenvalue weighted by Gasteiger charge is -2.29. The highest BCUT2D eigenvalue weighted by Crippen LogP contribution is 2.16. The molecular weight excluding hydrogens is 246 g/mol. The van der Waals surface area contributed by atoms with E-state index in [2.05, 4.69) is 10.6 Å². The van der Waals surface area contributed by atoms with Crippen LogP contribution in [0, 0.1) is 0 Å². The Morgan fingerprint density at radius 3 is 2.58 bits per heavy atom. The van der Waals surface area contributed by atoms with Gasteiger partial charge in [0.05, 0.1) is 0 Å². The van der Waals surface area contributed by atoms with Crippen molar-refractivity contribution in [2.45, 2.75) is 63.5 Å². The fraction of sp³-hybridized carbons (Fsp3) is 0.846. The SMILES string of the molecule is NC1CCCCC1NC(=O)NCCCCCC(=O)O. The van der Waals surface area contributed by atoms with Crippen LogP contribution < -0.4 is 16.4 Å². The molecule has 0 bridgehead atoms. The molecule has 0 heterocycles. The van der Waals surface area contributed by atoms with Crippen molar-refractivity contribution >= 4 is 12.0 Å². The number of aliphatic carboxylic acids is 1. The fourth-order valence-corrected chi connectivity index (χ4v) is 2.34. The lowest BCUT2D eigenvalue weighted by Crippen LogP contribution is -2.52. The van der Waals surface area contributed by atoms with Gasteiger partial charge in [-0.2, -0.15) is 0 Å². The van der Waals surface area contributed by atoms with E-state index < -0.39 is 5.97 Å². The van der Waals surface area contributed by atoms with Gasteiger partial charge in [0.1, 0.15) is 0 Å². The van der Waals surface area contributed by atoms with Crippen LogP contribution in [0.5, 0.6) is 0 Å². The molecule has 0 aromatic carbocycles. The van der Waals surface area contributed by atoms with E-state index in [0.717, 1.165) is 38.5 Å². The molecule has 1 saturated carbocycles. The van der Waals surface area contributed by atoms with Crippen LogP contribution in [0.2, 0.25) is 0 Å². The Morgan fingerprint density at radius 2 is 1.89 bits per heavy atom. The molecule has 6 nitrogen and oxygen atoms in total. The number of urea groups is 1. The normalized spacial score (nSPS) is 22.8. The molecule has 2 unspecified atom stereocenters. The largest absolute Gasteiger partial charge is 0.481 e. The summed E-state index contributed by atoms with van der Waals surface area (Å²) in [6.07, 6.45) is 6.66. The number of carbonyl (C=O) groups is 2. The van der Waals surface area contributed by atoms with Crippen LogP contribution >= 0.6 is 0 Å². The van der Waals surface area contributed by atoms with Crippen molar-refractivity contribution in [3.8, 4) is 0 Å². The quantitative estimate of drug-likeness (QED) is 0.522. The summed E-state index contributed by atoms with van der Waals surface area (Å²) in [5.74, 6) is -0.767. The van der Waals surface area contributed by atoms with Crippen LogP contribution in [-0.4, -0.2) is 35.7 Å². The van der Waals surface area contributed by atoms with Gasteiger partial charge >= 0.3 is 12.0 Å². The van der Waals surface area contributed by atoms with E-state index in [4.69, 9.17) is 10.8 Å². The molecular formula is C13H25N3O3. The van der Waals surface area contributed by atoms with Crippen LogP contribution in [0.25, 0.3) is 0 Å². The molecule has 5 N–H and O–H groups in total. The molecule has 0 radical (unpaired) electrons. The standard InChI is InChI=1S/C13H25N3O3/c14-10-6-3-4-7-11(10)16-13(19)15-9-5-1-2-8-12(17)18/h10-11H,1-9,14H2,(H,17,18)(H2,15,16,19). The highest BCUT2D eigenvalue weighted by molar-refractivity contribution is 5.74. The Labute approximate surface area is 114 Å². The van der Waals surface area contributed by atoms with Crippen molar-refractivity contribution in [1.82, 2.24) is 10.6 Å². The second-order valence-electron chi connectivity index (χ2n) is 5.16. The Kier molecular flexibility index (Phi) is 7.25. The molecule has 2 atom stereocenters. The molecule has 0 aliphatic heterocycles. The summed E-state index contributed by atoms with van der Waals surface area (Å²) in [7, 11) is 0. The molecule has 6 heteroatoms. The molecule has 1 aliphatic rings. The maximum absolute atomic E-state index is 11.6.